The zero-order valence-corrected chi connectivity index (χ0v) is 23.6. The van der Waals surface area contributed by atoms with Crippen molar-refractivity contribution in [3.8, 4) is 0 Å². The topological polar surface area (TPSA) is 108 Å². The fourth-order valence-electron chi connectivity index (χ4n) is 4.57. The molecule has 2 aliphatic carbocycles. The summed E-state index contributed by atoms with van der Waals surface area (Å²) in [6, 6.07) is 7.67. The number of carbonyl (C=O) groups excluding carboxylic acids is 2. The van der Waals surface area contributed by atoms with Crippen LogP contribution in [0.5, 0.6) is 0 Å². The lowest BCUT2D eigenvalue weighted by Crippen LogP contribution is -2.47. The van der Waals surface area contributed by atoms with Gasteiger partial charge in [0, 0.05) is 7.11 Å². The molecule has 10 heteroatoms. The van der Waals surface area contributed by atoms with Gasteiger partial charge in [0.15, 0.2) is 0 Å². The third-order valence-electron chi connectivity index (χ3n) is 6.60. The minimum absolute atomic E-state index is 0.0870. The van der Waals surface area contributed by atoms with Crippen LogP contribution in [0.1, 0.15) is 48.2 Å². The maximum absolute atomic E-state index is 11.5. The highest BCUT2D eigenvalue weighted by molar-refractivity contribution is 9.10. The van der Waals surface area contributed by atoms with Gasteiger partial charge in [-0.25, -0.2) is 9.97 Å². The fraction of sp³-hybridized carbons (Fsp3) is 0.520. The Morgan fingerprint density at radius 2 is 1.26 bits per heavy atom. The Labute approximate surface area is 222 Å². The van der Waals surface area contributed by atoms with E-state index in [-0.39, 0.29) is 23.8 Å². The molecule has 0 bridgehead atoms. The number of aryl methyl sites for hydroxylation is 2. The molecule has 2 fully saturated rings. The van der Waals surface area contributed by atoms with E-state index in [4.69, 9.17) is 9.47 Å². The van der Waals surface area contributed by atoms with E-state index in [1.54, 1.807) is 7.11 Å². The second kappa shape index (κ2) is 11.0. The van der Waals surface area contributed by atoms with E-state index in [1.165, 1.54) is 14.2 Å². The second-order valence-electron chi connectivity index (χ2n) is 9.19. The van der Waals surface area contributed by atoms with Crippen molar-refractivity contribution in [2.75, 3.05) is 21.3 Å². The van der Waals surface area contributed by atoms with Gasteiger partial charge < -0.3 is 19.3 Å². The second-order valence-corrected chi connectivity index (χ2v) is 10.8. The molecule has 2 heterocycles. The molecule has 190 valence electrons. The van der Waals surface area contributed by atoms with Gasteiger partial charge in [-0.15, -0.1) is 0 Å². The predicted octanol–water partition coefficient (Wildman–Crippen LogP) is 4.50. The highest BCUT2D eigenvalue weighted by Gasteiger charge is 2.51. The van der Waals surface area contributed by atoms with E-state index in [0.29, 0.717) is 36.0 Å². The van der Waals surface area contributed by atoms with Crippen LogP contribution in [0.25, 0.3) is 0 Å². The molecular weight excluding hydrogens is 584 g/mol. The van der Waals surface area contributed by atoms with Crippen LogP contribution in [0.4, 0.5) is 0 Å². The van der Waals surface area contributed by atoms with Gasteiger partial charge in [-0.2, -0.15) is 0 Å². The monoisotopic (exact) mass is 612 g/mol. The number of nitrogens with zero attached hydrogens (tertiary/aromatic N) is 2. The van der Waals surface area contributed by atoms with E-state index >= 15 is 0 Å². The number of aromatic nitrogens is 2. The van der Waals surface area contributed by atoms with E-state index < -0.39 is 11.2 Å². The lowest BCUT2D eigenvalue weighted by atomic mass is 9.68. The van der Waals surface area contributed by atoms with E-state index in [9.17, 15) is 14.7 Å². The molecule has 0 aromatic carbocycles. The Hall–Kier alpha value is -1.88. The molecule has 2 saturated carbocycles. The largest absolute Gasteiger partial charge is 0.469 e. The van der Waals surface area contributed by atoms with Gasteiger partial charge in [-0.1, -0.05) is 0 Å². The van der Waals surface area contributed by atoms with Gasteiger partial charge >= 0.3 is 11.9 Å². The Kier molecular flexibility index (Phi) is 8.73. The number of hydrogen-bond donors (Lipinski definition) is 1. The minimum atomic E-state index is -0.993. The van der Waals surface area contributed by atoms with Gasteiger partial charge in [-0.3, -0.25) is 9.59 Å². The number of esters is 2. The molecule has 2 aromatic rings. The Morgan fingerprint density at radius 1 is 0.829 bits per heavy atom. The standard InChI is InChI=1S/C13H16BrNO3.C12H14BrNO3/c1-8-4-10(15-11(14)5-8)13(18-3)6-9(7-13)12(16)17-2;1-7-3-9(14-10(13)4-7)12(16)5-8(6-12)11(15)17-2/h4-5,9H,6-7H2,1-3H3;3-4,8,16H,5-6H2,1-2H3. The lowest BCUT2D eigenvalue weighted by molar-refractivity contribution is -0.168. The zero-order chi connectivity index (χ0) is 26.0. The summed E-state index contributed by atoms with van der Waals surface area (Å²) in [5, 5.41) is 10.4. The van der Waals surface area contributed by atoms with Crippen molar-refractivity contribution in [3.63, 3.8) is 0 Å². The Bertz CT molecular complexity index is 1060. The molecule has 0 unspecified atom stereocenters. The number of carbonyl (C=O) groups is 2. The first kappa shape index (κ1) is 27.7. The zero-order valence-electron chi connectivity index (χ0n) is 20.4. The highest BCUT2D eigenvalue weighted by Crippen LogP contribution is 2.48. The molecule has 35 heavy (non-hydrogen) atoms. The molecule has 0 atom stereocenters. The van der Waals surface area contributed by atoms with Crippen molar-refractivity contribution in [1.82, 2.24) is 9.97 Å². The number of aliphatic hydroxyl groups is 1. The molecule has 0 saturated heterocycles. The van der Waals surface area contributed by atoms with Crippen LogP contribution in [-0.2, 0) is 35.0 Å². The smallest absolute Gasteiger partial charge is 0.308 e. The summed E-state index contributed by atoms with van der Waals surface area (Å²) < 4.78 is 16.5. The predicted molar refractivity (Wildman–Crippen MR) is 135 cm³/mol. The van der Waals surface area contributed by atoms with Crippen molar-refractivity contribution < 1.29 is 28.9 Å². The summed E-state index contributed by atoms with van der Waals surface area (Å²) in [6.07, 6.45) is 2.00. The number of rotatable bonds is 5. The molecule has 1 N–H and O–H groups in total. The highest BCUT2D eigenvalue weighted by atomic mass is 79.9. The van der Waals surface area contributed by atoms with Gasteiger partial charge in [0.05, 0.1) is 37.4 Å². The molecule has 0 aliphatic heterocycles. The Morgan fingerprint density at radius 3 is 1.69 bits per heavy atom. The lowest BCUT2D eigenvalue weighted by Gasteiger charge is -2.44. The van der Waals surface area contributed by atoms with Gasteiger partial charge in [0.25, 0.3) is 0 Å². The molecule has 0 amide bonds. The van der Waals surface area contributed by atoms with E-state index in [0.717, 1.165) is 21.4 Å². The quantitative estimate of drug-likeness (QED) is 0.388. The van der Waals surface area contributed by atoms with Gasteiger partial charge in [0.2, 0.25) is 0 Å². The summed E-state index contributed by atoms with van der Waals surface area (Å²) in [7, 11) is 4.43. The molecule has 2 aromatic heterocycles. The number of pyridine rings is 2. The summed E-state index contributed by atoms with van der Waals surface area (Å²) in [5.41, 5.74) is 2.18. The third kappa shape index (κ3) is 6.10. The van der Waals surface area contributed by atoms with Crippen LogP contribution in [0.2, 0.25) is 0 Å². The first-order valence-electron chi connectivity index (χ1n) is 11.2. The molecule has 2 aliphatic rings. The molecule has 0 radical (unpaired) electrons. The summed E-state index contributed by atoms with van der Waals surface area (Å²) in [5.74, 6) is -0.738. The average Bonchev–Trinajstić information content (AvgIpc) is 2.75. The summed E-state index contributed by atoms with van der Waals surface area (Å²) in [4.78, 5) is 31.5. The van der Waals surface area contributed by atoms with Crippen LogP contribution in [0.15, 0.2) is 33.5 Å². The van der Waals surface area contributed by atoms with E-state index in [2.05, 4.69) is 46.6 Å². The van der Waals surface area contributed by atoms with E-state index in [1.807, 2.05) is 38.1 Å². The summed E-state index contributed by atoms with van der Waals surface area (Å²) in [6.45, 7) is 3.95. The first-order valence-corrected chi connectivity index (χ1v) is 12.8. The maximum Gasteiger partial charge on any atom is 0.308 e. The van der Waals surface area contributed by atoms with Crippen molar-refractivity contribution in [3.05, 3.63) is 56.0 Å². The normalized spacial score (nSPS) is 27.0. The van der Waals surface area contributed by atoms with Crippen LogP contribution < -0.4 is 0 Å². The minimum Gasteiger partial charge on any atom is -0.469 e. The molecule has 4 rings (SSSR count). The van der Waals surface area contributed by atoms with Crippen LogP contribution in [-0.4, -0.2) is 48.3 Å². The third-order valence-corrected chi connectivity index (χ3v) is 7.41. The molecule has 8 nitrogen and oxygen atoms in total. The Balaban J connectivity index is 0.000000196. The van der Waals surface area contributed by atoms with Crippen molar-refractivity contribution in [1.29, 1.82) is 0 Å². The van der Waals surface area contributed by atoms with Crippen LogP contribution in [0.3, 0.4) is 0 Å². The maximum atomic E-state index is 11.5. The van der Waals surface area contributed by atoms with Crippen molar-refractivity contribution in [2.45, 2.75) is 50.7 Å². The van der Waals surface area contributed by atoms with Crippen LogP contribution in [0, 0.1) is 25.7 Å². The number of halogens is 2. The molecular formula is C25H30Br2N2O6. The van der Waals surface area contributed by atoms with Crippen molar-refractivity contribution in [2.24, 2.45) is 11.8 Å². The van der Waals surface area contributed by atoms with Gasteiger partial charge in [-0.05, 0) is 107 Å². The number of hydrogen-bond acceptors (Lipinski definition) is 8. The van der Waals surface area contributed by atoms with Crippen molar-refractivity contribution >= 4 is 43.8 Å². The number of ether oxygens (including phenoxy) is 3. The number of methoxy groups -OCH3 is 3. The summed E-state index contributed by atoms with van der Waals surface area (Å²) >= 11 is 6.69. The average molecular weight is 614 g/mol. The van der Waals surface area contributed by atoms with Crippen LogP contribution >= 0.6 is 31.9 Å². The fourth-order valence-corrected chi connectivity index (χ4v) is 5.67. The molecule has 0 spiro atoms. The SMILES string of the molecule is COC(=O)C1CC(O)(c2cc(C)cc(Br)n2)C1.COC(=O)C1CC(OC)(c2cc(C)cc(Br)n2)C1. The van der Waals surface area contributed by atoms with Gasteiger partial charge in [0.1, 0.15) is 20.4 Å². The first-order chi connectivity index (χ1) is 16.4.